The lowest BCUT2D eigenvalue weighted by atomic mass is 9.83. The maximum absolute atomic E-state index is 12.4. The lowest BCUT2D eigenvalue weighted by molar-refractivity contribution is 0.0786. The monoisotopic (exact) mass is 280 g/mol. The van der Waals surface area contributed by atoms with E-state index in [-0.39, 0.29) is 18.1 Å². The Morgan fingerprint density at radius 3 is 2.95 bits per heavy atom. The molecule has 3 rings (SSSR count). The number of hydrogen-bond acceptors (Lipinski definition) is 3. The highest BCUT2D eigenvalue weighted by Gasteiger charge is 2.41. The summed E-state index contributed by atoms with van der Waals surface area (Å²) in [6, 6.07) is 2.29. The minimum Gasteiger partial charge on any atom is -0.331 e. The van der Waals surface area contributed by atoms with Crippen LogP contribution in [0.3, 0.4) is 0 Å². The van der Waals surface area contributed by atoms with Gasteiger partial charge in [0.15, 0.2) is 5.15 Å². The number of carbonyl (C=O) groups excluding carboxylic acids is 1. The zero-order chi connectivity index (χ0) is 13.6. The van der Waals surface area contributed by atoms with E-state index in [9.17, 15) is 4.79 Å². The number of amides is 2. The number of halogens is 1. The van der Waals surface area contributed by atoms with Crippen LogP contribution in [-0.2, 0) is 6.42 Å². The number of rotatable bonds is 0. The summed E-state index contributed by atoms with van der Waals surface area (Å²) in [5.74, 6) is 0. The Balaban J connectivity index is 2.03. The SMILES string of the molecule is CN(C)C(=O)N1C2CCCC1c1cc(Cl)nnc1C2. The van der Waals surface area contributed by atoms with Crippen LogP contribution in [0.5, 0.6) is 0 Å². The minimum atomic E-state index is 0.0771. The molecule has 2 atom stereocenters. The lowest BCUT2D eigenvalue weighted by Crippen LogP contribution is -2.53. The maximum Gasteiger partial charge on any atom is 0.320 e. The molecule has 1 saturated heterocycles. The molecule has 1 fully saturated rings. The summed E-state index contributed by atoms with van der Waals surface area (Å²) in [7, 11) is 3.59. The van der Waals surface area contributed by atoms with Crippen LogP contribution in [0.1, 0.15) is 36.6 Å². The number of hydrogen-bond donors (Lipinski definition) is 0. The van der Waals surface area contributed by atoms with Gasteiger partial charge in [0.1, 0.15) is 0 Å². The van der Waals surface area contributed by atoms with Crippen LogP contribution in [0.4, 0.5) is 4.79 Å². The highest BCUT2D eigenvalue weighted by Crippen LogP contribution is 2.41. The Hall–Kier alpha value is -1.36. The molecule has 102 valence electrons. The maximum atomic E-state index is 12.4. The van der Waals surface area contributed by atoms with Gasteiger partial charge < -0.3 is 9.80 Å². The van der Waals surface area contributed by atoms with E-state index in [0.717, 1.165) is 36.9 Å². The molecular formula is C13H17ClN4O. The van der Waals surface area contributed by atoms with Crippen molar-refractivity contribution in [3.63, 3.8) is 0 Å². The van der Waals surface area contributed by atoms with Crippen LogP contribution in [0.25, 0.3) is 0 Å². The molecule has 0 aromatic carbocycles. The van der Waals surface area contributed by atoms with Crippen molar-refractivity contribution in [1.29, 1.82) is 0 Å². The smallest absolute Gasteiger partial charge is 0.320 e. The zero-order valence-corrected chi connectivity index (χ0v) is 11.9. The first-order valence-corrected chi connectivity index (χ1v) is 6.97. The molecule has 2 aliphatic heterocycles. The molecule has 0 radical (unpaired) electrons. The second kappa shape index (κ2) is 4.63. The number of piperidine rings is 1. The highest BCUT2D eigenvalue weighted by molar-refractivity contribution is 6.29. The Labute approximate surface area is 117 Å². The molecule has 0 aliphatic carbocycles. The second-order valence-electron chi connectivity index (χ2n) is 5.46. The second-order valence-corrected chi connectivity index (χ2v) is 5.85. The average molecular weight is 281 g/mol. The molecule has 0 saturated carbocycles. The molecule has 1 aromatic rings. The van der Waals surface area contributed by atoms with E-state index >= 15 is 0 Å². The molecule has 0 N–H and O–H groups in total. The molecule has 0 spiro atoms. The molecule has 2 unspecified atom stereocenters. The molecule has 2 amide bonds. The van der Waals surface area contributed by atoms with Gasteiger partial charge in [-0.25, -0.2) is 4.79 Å². The van der Waals surface area contributed by atoms with E-state index in [0.29, 0.717) is 5.15 Å². The summed E-state index contributed by atoms with van der Waals surface area (Å²) in [5.41, 5.74) is 2.08. The standard InChI is InChI=1S/C13H17ClN4O/c1-17(2)13(19)18-8-4-3-5-11(18)9-7-12(14)16-15-10(9)6-8/h7-8,11H,3-6H2,1-2H3. The Bertz CT molecular complexity index is 519. The fraction of sp³-hybridized carbons (Fsp3) is 0.615. The number of urea groups is 1. The molecular weight excluding hydrogens is 264 g/mol. The van der Waals surface area contributed by atoms with E-state index in [1.165, 1.54) is 0 Å². The molecule has 19 heavy (non-hydrogen) atoms. The average Bonchev–Trinajstić information content (AvgIpc) is 2.38. The van der Waals surface area contributed by atoms with E-state index in [1.54, 1.807) is 19.0 Å². The van der Waals surface area contributed by atoms with Crippen molar-refractivity contribution in [2.24, 2.45) is 0 Å². The third-order valence-corrected chi connectivity index (χ3v) is 4.19. The van der Waals surface area contributed by atoms with Crippen LogP contribution in [-0.4, -0.2) is 46.2 Å². The summed E-state index contributed by atoms with van der Waals surface area (Å²) in [4.78, 5) is 16.0. The van der Waals surface area contributed by atoms with E-state index < -0.39 is 0 Å². The molecule has 2 aliphatic rings. The third-order valence-electron chi connectivity index (χ3n) is 4.01. The van der Waals surface area contributed by atoms with Crippen molar-refractivity contribution in [2.75, 3.05) is 14.1 Å². The van der Waals surface area contributed by atoms with Crippen molar-refractivity contribution in [2.45, 2.75) is 37.8 Å². The largest absolute Gasteiger partial charge is 0.331 e. The number of fused-ring (bicyclic) bond motifs is 4. The van der Waals surface area contributed by atoms with Crippen LogP contribution in [0.2, 0.25) is 5.15 Å². The van der Waals surface area contributed by atoms with E-state index in [1.807, 2.05) is 11.0 Å². The third kappa shape index (κ3) is 2.06. The first kappa shape index (κ1) is 12.7. The van der Waals surface area contributed by atoms with Crippen molar-refractivity contribution < 1.29 is 4.79 Å². The molecule has 2 bridgehead atoms. The molecule has 5 nitrogen and oxygen atoms in total. The van der Waals surface area contributed by atoms with E-state index in [4.69, 9.17) is 11.6 Å². The normalized spacial score (nSPS) is 24.9. The van der Waals surface area contributed by atoms with Gasteiger partial charge in [0, 0.05) is 32.1 Å². The van der Waals surface area contributed by atoms with Gasteiger partial charge in [0.05, 0.1) is 11.7 Å². The van der Waals surface area contributed by atoms with Gasteiger partial charge in [-0.3, -0.25) is 0 Å². The summed E-state index contributed by atoms with van der Waals surface area (Å²) in [6.07, 6.45) is 3.95. The molecule has 1 aromatic heterocycles. The minimum absolute atomic E-state index is 0.0771. The summed E-state index contributed by atoms with van der Waals surface area (Å²) < 4.78 is 0. The summed E-state index contributed by atoms with van der Waals surface area (Å²) >= 11 is 5.96. The molecule has 6 heteroatoms. The lowest BCUT2D eigenvalue weighted by Gasteiger charge is -2.47. The van der Waals surface area contributed by atoms with Crippen LogP contribution >= 0.6 is 11.6 Å². The van der Waals surface area contributed by atoms with Crippen LogP contribution in [0, 0.1) is 0 Å². The first-order chi connectivity index (χ1) is 9.08. The Kier molecular flexibility index (Phi) is 3.09. The van der Waals surface area contributed by atoms with Gasteiger partial charge in [-0.2, -0.15) is 5.10 Å². The number of nitrogens with zero attached hydrogens (tertiary/aromatic N) is 4. The summed E-state index contributed by atoms with van der Waals surface area (Å²) in [5, 5.41) is 8.54. The quantitative estimate of drug-likeness (QED) is 0.732. The first-order valence-electron chi connectivity index (χ1n) is 6.59. The Morgan fingerprint density at radius 1 is 1.42 bits per heavy atom. The fourth-order valence-corrected chi connectivity index (χ4v) is 3.34. The van der Waals surface area contributed by atoms with Crippen LogP contribution in [0.15, 0.2) is 6.07 Å². The topological polar surface area (TPSA) is 49.3 Å². The number of aromatic nitrogens is 2. The van der Waals surface area contributed by atoms with Gasteiger partial charge >= 0.3 is 6.03 Å². The van der Waals surface area contributed by atoms with E-state index in [2.05, 4.69) is 10.2 Å². The summed E-state index contributed by atoms with van der Waals surface area (Å²) in [6.45, 7) is 0. The van der Waals surface area contributed by atoms with Gasteiger partial charge in [-0.05, 0) is 25.3 Å². The van der Waals surface area contributed by atoms with Gasteiger partial charge in [0.2, 0.25) is 0 Å². The number of carbonyl (C=O) groups is 1. The van der Waals surface area contributed by atoms with Crippen molar-refractivity contribution >= 4 is 17.6 Å². The van der Waals surface area contributed by atoms with Crippen molar-refractivity contribution in [1.82, 2.24) is 20.0 Å². The zero-order valence-electron chi connectivity index (χ0n) is 11.1. The van der Waals surface area contributed by atoms with Gasteiger partial charge in [-0.1, -0.05) is 11.6 Å². The predicted molar refractivity (Wildman–Crippen MR) is 72.0 cm³/mol. The highest BCUT2D eigenvalue weighted by atomic mass is 35.5. The van der Waals surface area contributed by atoms with Gasteiger partial charge in [0.25, 0.3) is 0 Å². The van der Waals surface area contributed by atoms with Crippen LogP contribution < -0.4 is 0 Å². The fourth-order valence-electron chi connectivity index (χ4n) is 3.18. The Morgan fingerprint density at radius 2 is 2.21 bits per heavy atom. The van der Waals surface area contributed by atoms with Crippen molar-refractivity contribution in [3.05, 3.63) is 22.5 Å². The van der Waals surface area contributed by atoms with Crippen molar-refractivity contribution in [3.8, 4) is 0 Å². The predicted octanol–water partition coefficient (Wildman–Crippen LogP) is 2.26. The van der Waals surface area contributed by atoms with Gasteiger partial charge in [-0.15, -0.1) is 5.10 Å². The molecule has 3 heterocycles.